The fraction of sp³-hybridized carbons (Fsp3) is 0.556. The molecule has 0 fully saturated rings. The van der Waals surface area contributed by atoms with Crippen LogP contribution in [0.3, 0.4) is 0 Å². The molecule has 6 nitrogen and oxygen atoms in total. The standard InChI is InChI=1S/C18H25NO5/c1-6-12(7-2)19-9-11-8-14(22-3)17(23-4)16(20)15(11)13(10-19)18(21)24-5/h8-9,12,17H,6-7,10H2,1-5H3. The number of esters is 1. The summed E-state index contributed by atoms with van der Waals surface area (Å²) in [7, 11) is 4.28. The highest BCUT2D eigenvalue weighted by atomic mass is 16.5. The van der Waals surface area contributed by atoms with E-state index in [1.807, 2.05) is 6.20 Å². The summed E-state index contributed by atoms with van der Waals surface area (Å²) in [5.41, 5.74) is 1.42. The van der Waals surface area contributed by atoms with Gasteiger partial charge in [-0.2, -0.15) is 0 Å². The van der Waals surface area contributed by atoms with Gasteiger partial charge in [-0.25, -0.2) is 4.79 Å². The number of carbonyl (C=O) groups excluding carboxylic acids is 2. The van der Waals surface area contributed by atoms with Crippen molar-refractivity contribution in [2.75, 3.05) is 27.9 Å². The topological polar surface area (TPSA) is 65.1 Å². The molecule has 1 heterocycles. The molecule has 0 saturated heterocycles. The van der Waals surface area contributed by atoms with Crippen LogP contribution in [0.1, 0.15) is 26.7 Å². The highest BCUT2D eigenvalue weighted by Gasteiger charge is 2.39. The molecule has 0 radical (unpaired) electrons. The molecule has 6 heteroatoms. The summed E-state index contributed by atoms with van der Waals surface area (Å²) in [6, 6.07) is 0.286. The Balaban J connectivity index is 2.59. The monoisotopic (exact) mass is 335 g/mol. The molecule has 0 aromatic carbocycles. The Hall–Kier alpha value is -2.08. The molecule has 24 heavy (non-hydrogen) atoms. The predicted molar refractivity (Wildman–Crippen MR) is 89.1 cm³/mol. The summed E-state index contributed by atoms with van der Waals surface area (Å²) in [5.74, 6) is -0.315. The number of hydrogen-bond donors (Lipinski definition) is 0. The third-order valence-electron chi connectivity index (χ3n) is 4.59. The van der Waals surface area contributed by atoms with Crippen LogP contribution in [-0.4, -0.2) is 56.7 Å². The smallest absolute Gasteiger partial charge is 0.336 e. The average Bonchev–Trinajstić information content (AvgIpc) is 2.60. The number of carbonyl (C=O) groups is 2. The lowest BCUT2D eigenvalue weighted by Gasteiger charge is -2.36. The van der Waals surface area contributed by atoms with Crippen LogP contribution in [0.5, 0.6) is 0 Å². The first-order valence-electron chi connectivity index (χ1n) is 8.14. The molecule has 0 spiro atoms. The summed E-state index contributed by atoms with van der Waals surface area (Å²) in [5, 5.41) is 0. The Kier molecular flexibility index (Phi) is 5.83. The Morgan fingerprint density at radius 3 is 2.46 bits per heavy atom. The van der Waals surface area contributed by atoms with Gasteiger partial charge in [0.2, 0.25) is 5.78 Å². The summed E-state index contributed by atoms with van der Waals surface area (Å²) in [6.07, 6.45) is 4.76. The van der Waals surface area contributed by atoms with E-state index < -0.39 is 12.1 Å². The molecule has 2 aliphatic rings. The second-order valence-corrected chi connectivity index (χ2v) is 5.80. The fourth-order valence-electron chi connectivity index (χ4n) is 3.29. The van der Waals surface area contributed by atoms with E-state index in [0.29, 0.717) is 29.0 Å². The minimum atomic E-state index is -0.832. The third kappa shape index (κ3) is 3.11. The van der Waals surface area contributed by atoms with Crippen molar-refractivity contribution in [1.29, 1.82) is 0 Å². The van der Waals surface area contributed by atoms with Gasteiger partial charge >= 0.3 is 5.97 Å². The molecule has 0 aromatic heterocycles. The van der Waals surface area contributed by atoms with Gasteiger partial charge in [0.1, 0.15) is 5.76 Å². The zero-order valence-electron chi connectivity index (χ0n) is 14.9. The highest BCUT2D eigenvalue weighted by molar-refractivity contribution is 6.12. The lowest BCUT2D eigenvalue weighted by Crippen LogP contribution is -2.41. The van der Waals surface area contributed by atoms with E-state index in [2.05, 4.69) is 18.7 Å². The normalized spacial score (nSPS) is 20.7. The molecule has 1 aliphatic heterocycles. The molecule has 0 bridgehead atoms. The molecule has 1 atom stereocenters. The average molecular weight is 335 g/mol. The third-order valence-corrected chi connectivity index (χ3v) is 4.59. The number of ether oxygens (including phenoxy) is 3. The van der Waals surface area contributed by atoms with E-state index >= 15 is 0 Å². The van der Waals surface area contributed by atoms with E-state index in [1.54, 1.807) is 6.08 Å². The van der Waals surface area contributed by atoms with E-state index in [-0.39, 0.29) is 11.8 Å². The van der Waals surface area contributed by atoms with E-state index in [0.717, 1.165) is 12.8 Å². The molecule has 2 rings (SSSR count). The largest absolute Gasteiger partial charge is 0.498 e. The molecule has 0 amide bonds. The van der Waals surface area contributed by atoms with Crippen LogP contribution in [-0.2, 0) is 23.8 Å². The molecule has 0 aromatic rings. The maximum atomic E-state index is 12.8. The molecule has 0 N–H and O–H groups in total. The second kappa shape index (κ2) is 7.66. The van der Waals surface area contributed by atoms with Gasteiger partial charge in [0.15, 0.2) is 6.10 Å². The van der Waals surface area contributed by atoms with Crippen LogP contribution in [0.4, 0.5) is 0 Å². The van der Waals surface area contributed by atoms with Crippen LogP contribution in [0.15, 0.2) is 34.8 Å². The van der Waals surface area contributed by atoms with Crippen molar-refractivity contribution in [2.45, 2.75) is 38.8 Å². The zero-order valence-corrected chi connectivity index (χ0v) is 14.9. The number of rotatable bonds is 6. The van der Waals surface area contributed by atoms with Crippen molar-refractivity contribution < 1.29 is 23.8 Å². The molecule has 132 valence electrons. The summed E-state index contributed by atoms with van der Waals surface area (Å²) in [6.45, 7) is 4.57. The predicted octanol–water partition coefficient (Wildman–Crippen LogP) is 1.97. The SMILES string of the molecule is CCC(CC)N1C=C2C=C(OC)C(OC)C(=O)C2=C(C(=O)OC)C1. The fourth-order valence-corrected chi connectivity index (χ4v) is 3.29. The van der Waals surface area contributed by atoms with E-state index in [9.17, 15) is 9.59 Å². The lowest BCUT2D eigenvalue weighted by molar-refractivity contribution is -0.137. The zero-order chi connectivity index (χ0) is 17.9. The molecular formula is C18H25NO5. The van der Waals surface area contributed by atoms with Crippen molar-refractivity contribution in [3.8, 4) is 0 Å². The van der Waals surface area contributed by atoms with Gasteiger partial charge in [-0.3, -0.25) is 4.79 Å². The van der Waals surface area contributed by atoms with Crippen molar-refractivity contribution in [3.63, 3.8) is 0 Å². The Morgan fingerprint density at radius 1 is 1.29 bits per heavy atom. The number of methoxy groups -OCH3 is 3. The summed E-state index contributed by atoms with van der Waals surface area (Å²) >= 11 is 0. The molecule has 1 aliphatic carbocycles. The number of allylic oxidation sites excluding steroid dienone is 2. The van der Waals surface area contributed by atoms with Gasteiger partial charge in [0.05, 0.1) is 26.3 Å². The first-order valence-corrected chi connectivity index (χ1v) is 8.14. The first-order chi connectivity index (χ1) is 11.5. The van der Waals surface area contributed by atoms with Crippen molar-refractivity contribution in [3.05, 3.63) is 34.8 Å². The van der Waals surface area contributed by atoms with Crippen molar-refractivity contribution >= 4 is 11.8 Å². The van der Waals surface area contributed by atoms with Gasteiger partial charge in [0, 0.05) is 30.5 Å². The Bertz CT molecular complexity index is 613. The molecule has 1 unspecified atom stereocenters. The van der Waals surface area contributed by atoms with Crippen LogP contribution in [0.2, 0.25) is 0 Å². The van der Waals surface area contributed by atoms with Crippen molar-refractivity contribution in [1.82, 2.24) is 4.90 Å². The van der Waals surface area contributed by atoms with E-state index in [1.165, 1.54) is 21.3 Å². The Morgan fingerprint density at radius 2 is 1.96 bits per heavy atom. The van der Waals surface area contributed by atoms with Gasteiger partial charge < -0.3 is 19.1 Å². The minimum absolute atomic E-state index is 0.271. The van der Waals surface area contributed by atoms with E-state index in [4.69, 9.17) is 14.2 Å². The lowest BCUT2D eigenvalue weighted by atomic mass is 9.85. The Labute approximate surface area is 142 Å². The number of ketones is 1. The van der Waals surface area contributed by atoms with Crippen LogP contribution in [0, 0.1) is 0 Å². The van der Waals surface area contributed by atoms with Crippen LogP contribution < -0.4 is 0 Å². The van der Waals surface area contributed by atoms with Gasteiger partial charge in [-0.05, 0) is 18.9 Å². The van der Waals surface area contributed by atoms with Gasteiger partial charge in [-0.1, -0.05) is 13.8 Å². The maximum absolute atomic E-state index is 12.8. The number of nitrogens with zero attached hydrogens (tertiary/aromatic N) is 1. The van der Waals surface area contributed by atoms with Gasteiger partial charge in [0.25, 0.3) is 0 Å². The number of hydrogen-bond acceptors (Lipinski definition) is 6. The summed E-state index contributed by atoms with van der Waals surface area (Å²) < 4.78 is 15.5. The summed E-state index contributed by atoms with van der Waals surface area (Å²) in [4.78, 5) is 27.2. The molecular weight excluding hydrogens is 310 g/mol. The number of Topliss-reactive ketones (excluding diaryl/α,β-unsaturated/α-hetero) is 1. The van der Waals surface area contributed by atoms with Crippen LogP contribution >= 0.6 is 0 Å². The van der Waals surface area contributed by atoms with Crippen LogP contribution in [0.25, 0.3) is 0 Å². The van der Waals surface area contributed by atoms with Crippen molar-refractivity contribution in [2.24, 2.45) is 0 Å². The number of fused-ring (bicyclic) bond motifs is 1. The highest BCUT2D eigenvalue weighted by Crippen LogP contribution is 2.34. The minimum Gasteiger partial charge on any atom is -0.498 e. The van der Waals surface area contributed by atoms with Gasteiger partial charge in [-0.15, -0.1) is 0 Å². The quantitative estimate of drug-likeness (QED) is 0.692. The first kappa shape index (κ1) is 18.3. The second-order valence-electron chi connectivity index (χ2n) is 5.80. The maximum Gasteiger partial charge on any atom is 0.336 e. The molecule has 0 saturated carbocycles.